The summed E-state index contributed by atoms with van der Waals surface area (Å²) in [5.41, 5.74) is -0.905. The molecule has 9 heteroatoms. The van der Waals surface area contributed by atoms with Crippen LogP contribution in [0, 0.1) is 0 Å². The first kappa shape index (κ1) is 24.1. The van der Waals surface area contributed by atoms with Gasteiger partial charge in [-0.15, -0.1) is 0 Å². The van der Waals surface area contributed by atoms with Crippen LogP contribution in [0.1, 0.15) is 79.6 Å². The second-order valence-corrected chi connectivity index (χ2v) is 9.50. The summed E-state index contributed by atoms with van der Waals surface area (Å²) in [6, 6.07) is 0.193. The van der Waals surface area contributed by atoms with Crippen LogP contribution in [-0.4, -0.2) is 59.2 Å². The van der Waals surface area contributed by atoms with Gasteiger partial charge < -0.3 is 20.3 Å². The van der Waals surface area contributed by atoms with E-state index in [9.17, 15) is 14.4 Å². The first-order valence-corrected chi connectivity index (χ1v) is 11.0. The fourth-order valence-corrected chi connectivity index (χ4v) is 3.45. The molecule has 0 saturated carbocycles. The lowest BCUT2D eigenvalue weighted by molar-refractivity contribution is -0.155. The topological polar surface area (TPSA) is 112 Å². The van der Waals surface area contributed by atoms with Crippen molar-refractivity contribution in [3.8, 4) is 0 Å². The monoisotopic (exact) mass is 423 g/mol. The third-order valence-corrected chi connectivity index (χ3v) is 5.34. The van der Waals surface area contributed by atoms with Crippen LogP contribution in [0.5, 0.6) is 0 Å². The molecule has 0 radical (unpaired) electrons. The molecule has 0 bridgehead atoms. The maximum atomic E-state index is 12.7. The highest BCUT2D eigenvalue weighted by Crippen LogP contribution is 2.31. The van der Waals surface area contributed by atoms with E-state index in [0.717, 1.165) is 25.7 Å². The molecular weight excluding hydrogens is 386 g/mol. The summed E-state index contributed by atoms with van der Waals surface area (Å²) in [5, 5.41) is 13.8. The Morgan fingerprint density at radius 2 is 1.80 bits per heavy atom. The zero-order valence-corrected chi connectivity index (χ0v) is 19.0. The smallest absolute Gasteiger partial charge is 0.315 e. The summed E-state index contributed by atoms with van der Waals surface area (Å²) in [7, 11) is 0. The minimum absolute atomic E-state index is 0.0482. The highest BCUT2D eigenvalue weighted by atomic mass is 16.6. The molecule has 0 aromatic carbocycles. The lowest BCUT2D eigenvalue weighted by Gasteiger charge is -2.25. The van der Waals surface area contributed by atoms with Gasteiger partial charge in [-0.1, -0.05) is 12.8 Å². The highest BCUT2D eigenvalue weighted by molar-refractivity contribution is 5.77. The van der Waals surface area contributed by atoms with E-state index in [4.69, 9.17) is 4.74 Å². The summed E-state index contributed by atoms with van der Waals surface area (Å²) in [5.74, 6) is -0.249. The number of esters is 1. The van der Waals surface area contributed by atoms with Crippen LogP contribution in [0.4, 0.5) is 4.79 Å². The van der Waals surface area contributed by atoms with Crippen LogP contribution >= 0.6 is 0 Å². The predicted molar refractivity (Wildman–Crippen MR) is 113 cm³/mol. The molecule has 9 nitrogen and oxygen atoms in total. The Labute approximate surface area is 179 Å². The van der Waals surface area contributed by atoms with Crippen LogP contribution in [0.25, 0.3) is 0 Å². The molecule has 1 fully saturated rings. The number of carbonyl (C=O) groups is 3. The molecule has 0 aromatic rings. The Morgan fingerprint density at radius 1 is 1.10 bits per heavy atom. The van der Waals surface area contributed by atoms with E-state index in [-0.39, 0.29) is 42.1 Å². The molecule has 0 aliphatic carbocycles. The molecular formula is C21H37N5O4. The van der Waals surface area contributed by atoms with Gasteiger partial charge in [0.25, 0.3) is 0 Å². The van der Waals surface area contributed by atoms with Crippen molar-refractivity contribution in [3.05, 3.63) is 0 Å². The highest BCUT2D eigenvalue weighted by Gasteiger charge is 2.34. The Morgan fingerprint density at radius 3 is 2.37 bits per heavy atom. The largest absolute Gasteiger partial charge is 0.460 e. The van der Waals surface area contributed by atoms with Crippen molar-refractivity contribution in [2.45, 2.75) is 103 Å². The molecule has 0 aromatic heterocycles. The average molecular weight is 424 g/mol. The number of amides is 3. The molecule has 0 spiro atoms. The third-order valence-electron chi connectivity index (χ3n) is 5.34. The van der Waals surface area contributed by atoms with Gasteiger partial charge in [0.2, 0.25) is 5.91 Å². The number of unbranched alkanes of at least 4 members (excludes halogenated alkanes) is 2. The lowest BCUT2D eigenvalue weighted by Crippen LogP contribution is -2.36. The van der Waals surface area contributed by atoms with Gasteiger partial charge in [0.15, 0.2) is 5.66 Å². The minimum Gasteiger partial charge on any atom is -0.460 e. The Kier molecular flexibility index (Phi) is 8.20. The number of hydrogen-bond acceptors (Lipinski definition) is 6. The number of carbonyl (C=O) groups excluding carboxylic acids is 3. The molecule has 2 aliphatic heterocycles. The molecule has 170 valence electrons. The summed E-state index contributed by atoms with van der Waals surface area (Å²) in [4.78, 5) is 37.8. The van der Waals surface area contributed by atoms with Crippen molar-refractivity contribution in [2.75, 3.05) is 13.1 Å². The zero-order chi connectivity index (χ0) is 22.4. The first-order valence-electron chi connectivity index (χ1n) is 11.0. The third kappa shape index (κ3) is 8.67. The fraction of sp³-hybridized carbons (Fsp3) is 0.857. The van der Waals surface area contributed by atoms with E-state index in [1.54, 1.807) is 4.90 Å². The summed E-state index contributed by atoms with van der Waals surface area (Å²) in [6.07, 6.45) is 4.86. The van der Waals surface area contributed by atoms with Gasteiger partial charge in [-0.05, 0) is 47.5 Å². The van der Waals surface area contributed by atoms with E-state index in [1.807, 2.05) is 34.6 Å². The van der Waals surface area contributed by atoms with Crippen molar-refractivity contribution >= 4 is 17.9 Å². The number of nitrogens with zero attached hydrogens (tertiary/aromatic N) is 3. The van der Waals surface area contributed by atoms with Gasteiger partial charge in [-0.3, -0.25) is 9.59 Å². The number of ether oxygens (including phenoxy) is 1. The Hall–Kier alpha value is -2.19. The van der Waals surface area contributed by atoms with Crippen molar-refractivity contribution < 1.29 is 19.1 Å². The van der Waals surface area contributed by atoms with Gasteiger partial charge in [0.05, 0.1) is 12.5 Å². The van der Waals surface area contributed by atoms with Crippen LogP contribution in [0.2, 0.25) is 0 Å². The van der Waals surface area contributed by atoms with Crippen LogP contribution < -0.4 is 10.6 Å². The summed E-state index contributed by atoms with van der Waals surface area (Å²) in [6.45, 7) is 10.3. The number of rotatable bonds is 12. The maximum absolute atomic E-state index is 12.7. The second-order valence-electron chi connectivity index (χ2n) is 9.50. The van der Waals surface area contributed by atoms with Gasteiger partial charge in [-0.25, -0.2) is 4.79 Å². The van der Waals surface area contributed by atoms with Crippen molar-refractivity contribution in [2.24, 2.45) is 10.2 Å². The molecule has 2 atom stereocenters. The Balaban J connectivity index is 1.71. The second kappa shape index (κ2) is 10.2. The van der Waals surface area contributed by atoms with Gasteiger partial charge in [-0.2, -0.15) is 10.2 Å². The summed E-state index contributed by atoms with van der Waals surface area (Å²) < 4.78 is 5.35. The number of urea groups is 1. The first-order chi connectivity index (χ1) is 14.0. The zero-order valence-electron chi connectivity index (χ0n) is 19.0. The van der Waals surface area contributed by atoms with Gasteiger partial charge in [0.1, 0.15) is 5.60 Å². The van der Waals surface area contributed by atoms with E-state index in [1.165, 1.54) is 0 Å². The molecule has 2 aliphatic rings. The van der Waals surface area contributed by atoms with Crippen molar-refractivity contribution in [1.29, 1.82) is 0 Å². The molecule has 30 heavy (non-hydrogen) atoms. The SMILES string of the molecule is CC1NC(=O)NC1CCCCCC(=O)N(CCC(=O)OC(C)(C)C)CCC1(C)N=N1. The minimum atomic E-state index is -0.531. The number of hydrogen-bond donors (Lipinski definition) is 2. The molecule has 2 rings (SSSR count). The van der Waals surface area contributed by atoms with E-state index in [2.05, 4.69) is 20.9 Å². The van der Waals surface area contributed by atoms with Crippen molar-refractivity contribution in [1.82, 2.24) is 15.5 Å². The van der Waals surface area contributed by atoms with Crippen molar-refractivity contribution in [3.63, 3.8) is 0 Å². The van der Waals surface area contributed by atoms with E-state index in [0.29, 0.717) is 25.9 Å². The number of nitrogens with one attached hydrogen (secondary N) is 2. The molecule has 2 N–H and O–H groups in total. The fourth-order valence-electron chi connectivity index (χ4n) is 3.45. The Bertz CT molecular complexity index is 652. The quantitative estimate of drug-likeness (QED) is 0.371. The summed E-state index contributed by atoms with van der Waals surface area (Å²) >= 11 is 0. The van der Waals surface area contributed by atoms with Crippen LogP contribution in [-0.2, 0) is 14.3 Å². The molecule has 2 heterocycles. The van der Waals surface area contributed by atoms with Crippen LogP contribution in [0.15, 0.2) is 10.2 Å². The predicted octanol–water partition coefficient (Wildman–Crippen LogP) is 3.14. The average Bonchev–Trinajstić information content (AvgIpc) is 3.27. The molecule has 2 unspecified atom stereocenters. The molecule has 1 saturated heterocycles. The van der Waals surface area contributed by atoms with Gasteiger partial charge in [0, 0.05) is 32.0 Å². The molecule has 3 amide bonds. The standard InChI is InChI=1S/C21H37N5O4/c1-15-16(23-19(29)22-15)9-7-6-8-10-17(27)26(14-12-21(5)24-25-21)13-11-18(28)30-20(2,3)4/h15-16H,6-14H2,1-5H3,(H2,22,23,29). The van der Waals surface area contributed by atoms with Gasteiger partial charge >= 0.3 is 12.0 Å². The van der Waals surface area contributed by atoms with E-state index >= 15 is 0 Å². The maximum Gasteiger partial charge on any atom is 0.315 e. The normalized spacial score (nSPS) is 21.7. The van der Waals surface area contributed by atoms with E-state index < -0.39 is 5.60 Å². The van der Waals surface area contributed by atoms with Crippen LogP contribution in [0.3, 0.4) is 0 Å². The lowest BCUT2D eigenvalue weighted by atomic mass is 10.0.